The van der Waals surface area contributed by atoms with E-state index in [2.05, 4.69) is 26.6 Å². The fourth-order valence-corrected chi connectivity index (χ4v) is 5.99. The van der Waals surface area contributed by atoms with Gasteiger partial charge in [0.2, 0.25) is 0 Å². The Balaban J connectivity index is 1.46. The van der Waals surface area contributed by atoms with Gasteiger partial charge in [0, 0.05) is 45.1 Å². The lowest BCUT2D eigenvalue weighted by Gasteiger charge is -2.30. The van der Waals surface area contributed by atoms with Crippen LogP contribution in [-0.2, 0) is 9.47 Å². The molecule has 1 aromatic carbocycles. The number of hydrogen-bond acceptors (Lipinski definition) is 10. The molecular formula is C39H48N7O6+. The molecule has 1 atom stereocenters. The Morgan fingerprint density at radius 3 is 2.42 bits per heavy atom. The maximum atomic E-state index is 13.7. The standard InChI is InChI=1S/C39H47N7O6/c1-24-17-33(31(36(47)41-12-15-50-7)18-30(24)37(48)44-35-25(2)16-27(19-40)20-43-35)51-34(32-11-10-29(21-42-32)28-8-9-28)23-45-13-14-46(26(3)22-45)38(49)52-39(4,5)6/h10-11,16-18,20-21,28,34H,8-9,12-15,22-23H2,1-7H3,(H-,41,43,44,47,48)/p+1/t34-/m1/s1. The number of ether oxygens (including phenoxy) is 3. The van der Waals surface area contributed by atoms with E-state index in [9.17, 15) is 19.6 Å². The first-order valence-corrected chi connectivity index (χ1v) is 17.5. The summed E-state index contributed by atoms with van der Waals surface area (Å²) >= 11 is 0. The lowest BCUT2D eigenvalue weighted by Crippen LogP contribution is -2.48. The van der Waals surface area contributed by atoms with E-state index >= 15 is 0 Å². The summed E-state index contributed by atoms with van der Waals surface area (Å²) in [6, 6.07) is 11.0. The number of methoxy groups -OCH3 is 1. The molecule has 5 rings (SSSR count). The second-order valence-corrected chi connectivity index (χ2v) is 14.4. The Kier molecular flexibility index (Phi) is 12.0. The Morgan fingerprint density at radius 2 is 1.81 bits per heavy atom. The van der Waals surface area contributed by atoms with Crippen molar-refractivity contribution in [1.82, 2.24) is 20.2 Å². The summed E-state index contributed by atoms with van der Waals surface area (Å²) in [5, 5.41) is 14.9. The molecule has 0 radical (unpaired) electrons. The quantitative estimate of drug-likeness (QED) is 0.186. The summed E-state index contributed by atoms with van der Waals surface area (Å²) in [4.78, 5) is 51.4. The summed E-state index contributed by atoms with van der Waals surface area (Å²) < 4.78 is 19.2. The third kappa shape index (κ3) is 9.77. The second-order valence-electron chi connectivity index (χ2n) is 14.4. The molecule has 2 aromatic heterocycles. The molecule has 1 aliphatic carbocycles. The molecule has 274 valence electrons. The molecule has 1 saturated carbocycles. The minimum atomic E-state index is -0.604. The Hall–Kier alpha value is -5.19. The molecule has 52 heavy (non-hydrogen) atoms. The summed E-state index contributed by atoms with van der Waals surface area (Å²) in [6.07, 6.45) is 4.63. The first kappa shape index (κ1) is 38.1. The van der Waals surface area contributed by atoms with Crippen molar-refractivity contribution in [3.8, 4) is 11.8 Å². The smallest absolute Gasteiger partial charge is 0.482 e. The van der Waals surface area contributed by atoms with Gasteiger partial charge in [-0.25, -0.2) is 4.98 Å². The van der Waals surface area contributed by atoms with E-state index in [0.717, 1.165) is 18.6 Å². The van der Waals surface area contributed by atoms with Crippen molar-refractivity contribution in [1.29, 1.82) is 5.26 Å². The van der Waals surface area contributed by atoms with Crippen LogP contribution >= 0.6 is 0 Å². The fourth-order valence-electron chi connectivity index (χ4n) is 5.99. The number of anilines is 1. The number of pyridine rings is 2. The first-order valence-electron chi connectivity index (χ1n) is 17.5. The third-order valence-corrected chi connectivity index (χ3v) is 8.89. The monoisotopic (exact) mass is 710 g/mol. The number of nitrogens with one attached hydrogen (secondary N) is 2. The largest absolute Gasteiger partial charge is 0.596 e. The molecule has 13 heteroatoms. The van der Waals surface area contributed by atoms with Crippen LogP contribution in [0.5, 0.6) is 5.75 Å². The van der Waals surface area contributed by atoms with Gasteiger partial charge in [0.1, 0.15) is 23.2 Å². The predicted molar refractivity (Wildman–Crippen MR) is 195 cm³/mol. The highest BCUT2D eigenvalue weighted by Gasteiger charge is 2.34. The van der Waals surface area contributed by atoms with Gasteiger partial charge < -0.3 is 24.8 Å². The van der Waals surface area contributed by atoms with E-state index < -0.39 is 23.5 Å². The number of carbonyl (C=O) groups excluding carboxylic acids is 3. The Labute approximate surface area is 305 Å². The molecule has 3 heterocycles. The van der Waals surface area contributed by atoms with Crippen LogP contribution in [0.3, 0.4) is 0 Å². The molecule has 13 nitrogen and oxygen atoms in total. The van der Waals surface area contributed by atoms with Gasteiger partial charge in [0.25, 0.3) is 11.8 Å². The minimum Gasteiger partial charge on any atom is -0.482 e. The van der Waals surface area contributed by atoms with E-state index in [-0.39, 0.29) is 23.8 Å². The summed E-state index contributed by atoms with van der Waals surface area (Å²) in [5.41, 5.74) is 4.17. The van der Waals surface area contributed by atoms with Crippen LogP contribution in [0.1, 0.15) is 101 Å². The van der Waals surface area contributed by atoms with Crippen molar-refractivity contribution in [2.45, 2.75) is 72.0 Å². The zero-order chi connectivity index (χ0) is 37.6. The van der Waals surface area contributed by atoms with Crippen LogP contribution in [0.4, 0.5) is 10.6 Å². The van der Waals surface area contributed by atoms with Crippen molar-refractivity contribution in [3.05, 3.63) is 81.8 Å². The van der Waals surface area contributed by atoms with Crippen molar-refractivity contribution >= 4 is 29.4 Å². The number of amides is 3. The summed E-state index contributed by atoms with van der Waals surface area (Å²) in [7, 11) is 1.55. The molecule has 0 unspecified atom stereocenters. The number of nitrogens with zero attached hydrogens (tertiary/aromatic N) is 5. The molecule has 3 amide bonds. The number of hydrogen-bond donors (Lipinski definition) is 2. The lowest BCUT2D eigenvalue weighted by molar-refractivity contribution is -0.458. The highest BCUT2D eigenvalue weighted by atomic mass is 16.6. The van der Waals surface area contributed by atoms with Gasteiger partial charge >= 0.3 is 6.09 Å². The third-order valence-electron chi connectivity index (χ3n) is 8.89. The van der Waals surface area contributed by atoms with Crippen molar-refractivity contribution in [3.63, 3.8) is 0 Å². The summed E-state index contributed by atoms with van der Waals surface area (Å²) in [5.74, 6) is 0.251. The Morgan fingerprint density at radius 1 is 1.04 bits per heavy atom. The van der Waals surface area contributed by atoms with E-state index in [4.69, 9.17) is 19.2 Å². The summed E-state index contributed by atoms with van der Waals surface area (Å²) in [6.45, 7) is 13.5. The molecule has 2 N–H and O–H groups in total. The predicted octanol–water partition coefficient (Wildman–Crippen LogP) is 5.32. The zero-order valence-corrected chi connectivity index (χ0v) is 31.0. The van der Waals surface area contributed by atoms with E-state index in [0.29, 0.717) is 72.7 Å². The average Bonchev–Trinajstić information content (AvgIpc) is 3.94. The molecule has 0 saturated heterocycles. The van der Waals surface area contributed by atoms with Gasteiger partial charge in [-0.1, -0.05) is 6.07 Å². The highest BCUT2D eigenvalue weighted by molar-refractivity contribution is 6.07. The van der Waals surface area contributed by atoms with Crippen LogP contribution in [0.15, 0.2) is 42.7 Å². The topological polar surface area (TPSA) is 159 Å². The number of rotatable bonds is 12. The van der Waals surface area contributed by atoms with Crippen LogP contribution < -0.4 is 15.4 Å². The van der Waals surface area contributed by atoms with Gasteiger partial charge in [-0.05, 0) is 94.3 Å². The normalized spacial score (nSPS) is 15.4. The molecular weight excluding hydrogens is 662 g/mol. The maximum Gasteiger partial charge on any atom is 0.596 e. The van der Waals surface area contributed by atoms with Crippen molar-refractivity contribution in [2.24, 2.45) is 0 Å². The fraction of sp³-hybridized carbons (Fsp3) is 0.462. The Bertz CT molecular complexity index is 1890. The van der Waals surface area contributed by atoms with Crippen molar-refractivity contribution < 1.29 is 33.2 Å². The molecule has 2 aliphatic rings. The molecule has 1 aliphatic heterocycles. The van der Waals surface area contributed by atoms with Crippen LogP contribution in [0.25, 0.3) is 0 Å². The average molecular weight is 711 g/mol. The van der Waals surface area contributed by atoms with E-state index in [1.807, 2.05) is 46.0 Å². The van der Waals surface area contributed by atoms with Gasteiger partial charge in [-0.3, -0.25) is 19.5 Å². The highest BCUT2D eigenvalue weighted by Crippen LogP contribution is 2.40. The molecule has 3 aromatic rings. The SMILES string of the molecule is COCCNC(=O)c1cc(C(=O)Nc2ncc(C#N)cc2C)c(C)cc1O[C@H](CN1CC[N+](C(=O)OC(C)(C)C)=C(C)C1)c1ccc(C2CC2)cn1. The second kappa shape index (κ2) is 16.4. The molecule has 0 bridgehead atoms. The number of nitriles is 1. The van der Waals surface area contributed by atoms with Crippen LogP contribution in [-0.4, -0.2) is 95.1 Å². The minimum absolute atomic E-state index is 0.174. The number of carbonyl (C=O) groups is 3. The lowest BCUT2D eigenvalue weighted by atomic mass is 10.0. The zero-order valence-electron chi connectivity index (χ0n) is 31.0. The van der Waals surface area contributed by atoms with Gasteiger partial charge in [-0.2, -0.15) is 10.1 Å². The first-order chi connectivity index (χ1) is 24.8. The van der Waals surface area contributed by atoms with Gasteiger partial charge in [-0.15, -0.1) is 4.58 Å². The van der Waals surface area contributed by atoms with Crippen LogP contribution in [0, 0.1) is 25.2 Å². The van der Waals surface area contributed by atoms with E-state index in [1.165, 1.54) is 17.8 Å². The number of aromatic nitrogens is 2. The molecule has 0 spiro atoms. The number of aryl methyl sites for hydroxylation is 2. The maximum absolute atomic E-state index is 13.7. The van der Waals surface area contributed by atoms with Gasteiger partial charge in [0.15, 0.2) is 18.4 Å². The van der Waals surface area contributed by atoms with Crippen molar-refractivity contribution in [2.75, 3.05) is 51.8 Å². The van der Waals surface area contributed by atoms with Crippen LogP contribution in [0.2, 0.25) is 0 Å². The number of benzene rings is 1. The van der Waals surface area contributed by atoms with Gasteiger partial charge in [0.05, 0.1) is 36.5 Å². The van der Waals surface area contributed by atoms with E-state index in [1.54, 1.807) is 37.7 Å². The molecule has 1 fully saturated rings.